The third kappa shape index (κ3) is 6.36. The Morgan fingerprint density at radius 2 is 1.38 bits per heavy atom. The summed E-state index contributed by atoms with van der Waals surface area (Å²) in [6, 6.07) is 32.2. The first-order valence-corrected chi connectivity index (χ1v) is 13.2. The molecule has 0 spiro atoms. The fraction of sp³-hybridized carbons (Fsp3) is 0.125. The van der Waals surface area contributed by atoms with Crippen molar-refractivity contribution in [2.24, 2.45) is 0 Å². The second-order valence-corrected chi connectivity index (χ2v) is 10.0. The number of rotatable bonds is 1. The van der Waals surface area contributed by atoms with Crippen molar-refractivity contribution < 1.29 is 36.4 Å². The number of benzene rings is 4. The van der Waals surface area contributed by atoms with Crippen molar-refractivity contribution in [2.75, 3.05) is 14.2 Å². The first-order chi connectivity index (χ1) is 17.8. The van der Waals surface area contributed by atoms with Gasteiger partial charge in [-0.3, -0.25) is 12.2 Å². The molecule has 2 nitrogen and oxygen atoms in total. The standard InChI is InChI=1S/C15H10Br.C15H9S.2CH4O.Zr/c16-14-8-4-7-12-9-10-13(15(12)14)11-5-2-1-3-6-11;1-3-10-9-11(4-1)16-15-6-2-5-13-12(10)7-8-14(13)15;2*1-2;/h1-9,13H;1-6,8-9,12H;2*2H,1H3;/q2*-1;;;+2. The molecule has 2 unspecified atom stereocenters. The molecule has 2 atom stereocenters. The van der Waals surface area contributed by atoms with Gasteiger partial charge in [-0.05, 0) is 12.1 Å². The summed E-state index contributed by atoms with van der Waals surface area (Å²) in [6.07, 6.45) is 11.1. The van der Waals surface area contributed by atoms with Gasteiger partial charge >= 0.3 is 26.2 Å². The van der Waals surface area contributed by atoms with E-state index in [0.29, 0.717) is 5.92 Å². The average molecular weight is 647 g/mol. The maximum atomic E-state index is 7.00. The minimum atomic E-state index is 0. The molecule has 3 aliphatic rings. The number of aliphatic hydroxyl groups excluding tert-OH is 2. The SMILES string of the molecule is Brc1cccc2c1C(c1ccccc1)[C-]=C2.CO.CO.[C-]1=Cc2c3cccc2C1c1cccc(c1)S3.[Zr+2]. The Balaban J connectivity index is 0.000000177. The quantitative estimate of drug-likeness (QED) is 0.208. The predicted octanol–water partition coefficient (Wildman–Crippen LogP) is 7.74. The topological polar surface area (TPSA) is 40.5 Å². The fourth-order valence-electron chi connectivity index (χ4n) is 4.62. The van der Waals surface area contributed by atoms with Crippen LogP contribution in [0.5, 0.6) is 0 Å². The molecule has 0 aromatic heterocycles. The van der Waals surface area contributed by atoms with Gasteiger partial charge in [0.2, 0.25) is 0 Å². The van der Waals surface area contributed by atoms with Crippen LogP contribution in [0.4, 0.5) is 0 Å². The van der Waals surface area contributed by atoms with E-state index in [4.69, 9.17) is 10.2 Å². The number of allylic oxidation sites excluding steroid dienone is 2. The first-order valence-electron chi connectivity index (χ1n) is 11.6. The van der Waals surface area contributed by atoms with E-state index in [2.05, 4.69) is 125 Å². The van der Waals surface area contributed by atoms with Crippen molar-refractivity contribution in [1.29, 1.82) is 0 Å². The minimum absolute atomic E-state index is 0. The average Bonchev–Trinajstić information content (AvgIpc) is 3.59. The summed E-state index contributed by atoms with van der Waals surface area (Å²) in [5.74, 6) is 0.613. The maximum absolute atomic E-state index is 7.00. The number of hydrogen-bond acceptors (Lipinski definition) is 3. The number of fused-ring (bicyclic) bond motifs is 4. The maximum Gasteiger partial charge on any atom is 2.00 e. The molecule has 0 saturated carbocycles. The van der Waals surface area contributed by atoms with Crippen molar-refractivity contribution >= 4 is 39.8 Å². The van der Waals surface area contributed by atoms with E-state index in [0.717, 1.165) is 14.2 Å². The summed E-state index contributed by atoms with van der Waals surface area (Å²) < 4.78 is 1.17. The zero-order chi connectivity index (χ0) is 25.5. The van der Waals surface area contributed by atoms with Gasteiger partial charge in [0.15, 0.2) is 0 Å². The van der Waals surface area contributed by atoms with E-state index < -0.39 is 0 Å². The van der Waals surface area contributed by atoms with Gasteiger partial charge in [0.1, 0.15) is 0 Å². The third-order valence-corrected chi connectivity index (χ3v) is 7.90. The molecule has 0 fully saturated rings. The molecule has 0 amide bonds. The molecular formula is C32H27BrO2SZr. The normalized spacial score (nSPS) is 16.2. The van der Waals surface area contributed by atoms with E-state index >= 15 is 0 Å². The van der Waals surface area contributed by atoms with E-state index in [-0.39, 0.29) is 32.1 Å². The Labute approximate surface area is 251 Å². The van der Waals surface area contributed by atoms with Gasteiger partial charge in [-0.25, -0.2) is 12.2 Å². The van der Waals surface area contributed by atoms with Crippen molar-refractivity contribution in [3.05, 3.63) is 141 Å². The molecule has 184 valence electrons. The van der Waals surface area contributed by atoms with Crippen LogP contribution in [0.25, 0.3) is 12.2 Å². The summed E-state index contributed by atoms with van der Waals surface area (Å²) in [5, 5.41) is 14.0. The summed E-state index contributed by atoms with van der Waals surface area (Å²) in [7, 11) is 2.00. The molecular weight excluding hydrogens is 620 g/mol. The monoisotopic (exact) mass is 644 g/mol. The molecule has 4 aromatic carbocycles. The van der Waals surface area contributed by atoms with Gasteiger partial charge in [-0.2, -0.15) is 11.1 Å². The number of halogens is 1. The Kier molecular flexibility index (Phi) is 11.4. The second-order valence-electron chi connectivity index (χ2n) is 8.08. The predicted molar refractivity (Wildman–Crippen MR) is 153 cm³/mol. The van der Waals surface area contributed by atoms with Crippen LogP contribution in [-0.4, -0.2) is 24.4 Å². The summed E-state index contributed by atoms with van der Waals surface area (Å²) >= 11 is 5.47. The van der Waals surface area contributed by atoms with Crippen molar-refractivity contribution in [3.8, 4) is 0 Å². The van der Waals surface area contributed by atoms with Crippen LogP contribution in [0.3, 0.4) is 0 Å². The number of hydrogen-bond donors (Lipinski definition) is 2. The van der Waals surface area contributed by atoms with Crippen LogP contribution in [0.1, 0.15) is 45.2 Å². The summed E-state index contributed by atoms with van der Waals surface area (Å²) in [6.45, 7) is 0. The van der Waals surface area contributed by atoms with Crippen LogP contribution in [0.15, 0.2) is 105 Å². The Morgan fingerprint density at radius 1 is 0.703 bits per heavy atom. The Bertz CT molecular complexity index is 1380. The zero-order valence-corrected chi connectivity index (χ0v) is 25.5. The molecule has 2 aliphatic carbocycles. The molecule has 7 rings (SSSR count). The molecule has 2 N–H and O–H groups in total. The van der Waals surface area contributed by atoms with Crippen LogP contribution in [0.2, 0.25) is 0 Å². The second kappa shape index (κ2) is 14.2. The smallest absolute Gasteiger partial charge is 0.400 e. The Morgan fingerprint density at radius 3 is 2.16 bits per heavy atom. The number of aliphatic hydroxyl groups is 2. The van der Waals surface area contributed by atoms with Crippen molar-refractivity contribution in [3.63, 3.8) is 0 Å². The van der Waals surface area contributed by atoms with Crippen molar-refractivity contribution in [1.82, 2.24) is 0 Å². The van der Waals surface area contributed by atoms with Crippen LogP contribution < -0.4 is 0 Å². The van der Waals surface area contributed by atoms with Gasteiger partial charge in [0.25, 0.3) is 0 Å². The van der Waals surface area contributed by atoms with Crippen LogP contribution >= 0.6 is 27.7 Å². The summed E-state index contributed by atoms with van der Waals surface area (Å²) in [5.41, 5.74) is 8.02. The van der Waals surface area contributed by atoms with Gasteiger partial charge < -0.3 is 10.2 Å². The van der Waals surface area contributed by atoms with E-state index in [1.165, 1.54) is 47.6 Å². The van der Waals surface area contributed by atoms with Crippen LogP contribution in [0, 0.1) is 12.2 Å². The van der Waals surface area contributed by atoms with Gasteiger partial charge in [0.05, 0.1) is 0 Å². The van der Waals surface area contributed by atoms with Gasteiger partial charge in [-0.1, -0.05) is 117 Å². The van der Waals surface area contributed by atoms with E-state index in [1.54, 1.807) is 0 Å². The van der Waals surface area contributed by atoms with E-state index in [1.807, 2.05) is 17.8 Å². The molecule has 5 heteroatoms. The molecule has 6 bridgehead atoms. The third-order valence-electron chi connectivity index (χ3n) is 6.14. The molecule has 4 aromatic rings. The summed E-state index contributed by atoms with van der Waals surface area (Å²) in [4.78, 5) is 2.68. The Hall–Kier alpha value is -2.01. The largest absolute Gasteiger partial charge is 2.00 e. The van der Waals surface area contributed by atoms with Gasteiger partial charge in [-0.15, -0.1) is 29.0 Å². The molecule has 0 radical (unpaired) electrons. The van der Waals surface area contributed by atoms with Gasteiger partial charge in [0, 0.05) is 23.6 Å². The molecule has 37 heavy (non-hydrogen) atoms. The fourth-order valence-corrected chi connectivity index (χ4v) is 6.26. The molecule has 0 saturated heterocycles. The van der Waals surface area contributed by atoms with E-state index in [9.17, 15) is 0 Å². The van der Waals surface area contributed by atoms with Crippen molar-refractivity contribution in [2.45, 2.75) is 21.6 Å². The first kappa shape index (κ1) is 29.5. The molecule has 1 heterocycles. The molecule has 1 aliphatic heterocycles. The van der Waals surface area contributed by atoms with Crippen LogP contribution in [-0.2, 0) is 26.2 Å². The minimum Gasteiger partial charge on any atom is -0.400 e. The zero-order valence-electron chi connectivity index (χ0n) is 20.7.